The lowest BCUT2D eigenvalue weighted by Gasteiger charge is -2.33. The van der Waals surface area contributed by atoms with Crippen LogP contribution >= 0.6 is 0 Å². The quantitative estimate of drug-likeness (QED) is 0.731. The van der Waals surface area contributed by atoms with E-state index in [4.69, 9.17) is 0 Å². The normalized spacial score (nSPS) is 35.6. The second-order valence-corrected chi connectivity index (χ2v) is 5.31. The highest BCUT2D eigenvalue weighted by atomic mass is 16.3. The first-order valence-electron chi connectivity index (χ1n) is 6.31. The van der Waals surface area contributed by atoms with Crippen molar-refractivity contribution in [3.05, 3.63) is 0 Å². The van der Waals surface area contributed by atoms with Crippen LogP contribution in [0, 0.1) is 17.8 Å². The van der Waals surface area contributed by atoms with Gasteiger partial charge in [-0.15, -0.1) is 0 Å². The summed E-state index contributed by atoms with van der Waals surface area (Å²) in [4.78, 5) is 0. The van der Waals surface area contributed by atoms with Gasteiger partial charge in [-0.05, 0) is 37.0 Å². The fraction of sp³-hybridized carbons (Fsp3) is 1.00. The SMILES string of the molecule is CCCC(O)CC1CCC(C)C(C)C1. The van der Waals surface area contributed by atoms with E-state index < -0.39 is 0 Å². The van der Waals surface area contributed by atoms with Crippen LogP contribution in [-0.2, 0) is 0 Å². The minimum absolute atomic E-state index is 0.0365. The first-order chi connectivity index (χ1) is 6.63. The van der Waals surface area contributed by atoms with Gasteiger partial charge in [-0.3, -0.25) is 0 Å². The van der Waals surface area contributed by atoms with Crippen LogP contribution in [0.3, 0.4) is 0 Å². The van der Waals surface area contributed by atoms with Crippen molar-refractivity contribution in [2.75, 3.05) is 0 Å². The molecule has 0 aliphatic heterocycles. The maximum absolute atomic E-state index is 9.75. The molecule has 0 saturated heterocycles. The van der Waals surface area contributed by atoms with Crippen LogP contribution in [0.15, 0.2) is 0 Å². The van der Waals surface area contributed by atoms with Crippen LogP contribution < -0.4 is 0 Å². The third-order valence-electron chi connectivity index (χ3n) is 3.93. The summed E-state index contributed by atoms with van der Waals surface area (Å²) in [7, 11) is 0. The Morgan fingerprint density at radius 2 is 1.93 bits per heavy atom. The predicted molar refractivity (Wildman–Crippen MR) is 61.2 cm³/mol. The Morgan fingerprint density at radius 1 is 1.21 bits per heavy atom. The maximum atomic E-state index is 9.75. The fourth-order valence-electron chi connectivity index (χ4n) is 2.71. The van der Waals surface area contributed by atoms with E-state index in [1.165, 1.54) is 19.3 Å². The highest BCUT2D eigenvalue weighted by Gasteiger charge is 2.25. The Bertz CT molecular complexity index is 155. The summed E-state index contributed by atoms with van der Waals surface area (Å²) in [5.74, 6) is 2.56. The average Bonchev–Trinajstić information content (AvgIpc) is 2.12. The molecule has 1 aliphatic rings. The van der Waals surface area contributed by atoms with E-state index in [0.29, 0.717) is 0 Å². The molecular weight excluding hydrogens is 172 g/mol. The van der Waals surface area contributed by atoms with Crippen molar-refractivity contribution in [3.63, 3.8) is 0 Å². The van der Waals surface area contributed by atoms with Gasteiger partial charge in [0.15, 0.2) is 0 Å². The van der Waals surface area contributed by atoms with Crippen LogP contribution in [0.1, 0.15) is 59.3 Å². The first kappa shape index (κ1) is 12.0. The van der Waals surface area contributed by atoms with E-state index >= 15 is 0 Å². The van der Waals surface area contributed by atoms with Gasteiger partial charge in [0.05, 0.1) is 6.10 Å². The van der Waals surface area contributed by atoms with Gasteiger partial charge in [0.1, 0.15) is 0 Å². The Balaban J connectivity index is 2.25. The summed E-state index contributed by atoms with van der Waals surface area (Å²) in [6, 6.07) is 0. The number of aliphatic hydroxyl groups is 1. The van der Waals surface area contributed by atoms with Crippen molar-refractivity contribution >= 4 is 0 Å². The molecule has 14 heavy (non-hydrogen) atoms. The molecule has 0 aromatic heterocycles. The molecule has 84 valence electrons. The Hall–Kier alpha value is -0.0400. The van der Waals surface area contributed by atoms with E-state index in [1.54, 1.807) is 0 Å². The summed E-state index contributed by atoms with van der Waals surface area (Å²) < 4.78 is 0. The highest BCUT2D eigenvalue weighted by Crippen LogP contribution is 2.35. The first-order valence-corrected chi connectivity index (χ1v) is 6.31. The Kier molecular flexibility index (Phi) is 4.94. The van der Waals surface area contributed by atoms with Crippen molar-refractivity contribution in [3.8, 4) is 0 Å². The second-order valence-electron chi connectivity index (χ2n) is 5.31. The third kappa shape index (κ3) is 3.61. The minimum Gasteiger partial charge on any atom is -0.393 e. The molecule has 4 atom stereocenters. The van der Waals surface area contributed by atoms with Crippen molar-refractivity contribution in [2.45, 2.75) is 65.4 Å². The molecule has 1 saturated carbocycles. The molecule has 0 aromatic rings. The van der Waals surface area contributed by atoms with E-state index in [-0.39, 0.29) is 6.10 Å². The van der Waals surface area contributed by atoms with E-state index in [1.807, 2.05) is 0 Å². The molecule has 1 N–H and O–H groups in total. The molecule has 1 rings (SSSR count). The molecule has 1 aliphatic carbocycles. The summed E-state index contributed by atoms with van der Waals surface area (Å²) in [6.45, 7) is 6.88. The van der Waals surface area contributed by atoms with Gasteiger partial charge in [-0.1, -0.05) is 40.0 Å². The molecule has 4 unspecified atom stereocenters. The lowest BCUT2D eigenvalue weighted by molar-refractivity contribution is 0.101. The summed E-state index contributed by atoms with van der Waals surface area (Å²) in [5.41, 5.74) is 0. The molecule has 0 aromatic carbocycles. The van der Waals surface area contributed by atoms with Gasteiger partial charge < -0.3 is 5.11 Å². The lowest BCUT2D eigenvalue weighted by Crippen LogP contribution is -2.24. The Labute approximate surface area is 88.9 Å². The van der Waals surface area contributed by atoms with Gasteiger partial charge in [0.2, 0.25) is 0 Å². The largest absolute Gasteiger partial charge is 0.393 e. The van der Waals surface area contributed by atoms with Gasteiger partial charge in [0.25, 0.3) is 0 Å². The van der Waals surface area contributed by atoms with Crippen LogP contribution in [0.25, 0.3) is 0 Å². The standard InChI is InChI=1S/C13H26O/c1-4-5-13(14)9-12-7-6-10(2)11(3)8-12/h10-14H,4-9H2,1-3H3. The molecule has 0 heterocycles. The van der Waals surface area contributed by atoms with Crippen molar-refractivity contribution in [1.82, 2.24) is 0 Å². The molecule has 1 fully saturated rings. The smallest absolute Gasteiger partial charge is 0.0542 e. The summed E-state index contributed by atoms with van der Waals surface area (Å²) in [6.07, 6.45) is 7.15. The van der Waals surface area contributed by atoms with Crippen LogP contribution in [0.4, 0.5) is 0 Å². The molecule has 1 heteroatoms. The van der Waals surface area contributed by atoms with E-state index in [2.05, 4.69) is 20.8 Å². The predicted octanol–water partition coefficient (Wildman–Crippen LogP) is 3.61. The molecular formula is C13H26O. The van der Waals surface area contributed by atoms with Crippen molar-refractivity contribution in [1.29, 1.82) is 0 Å². The number of hydrogen-bond donors (Lipinski definition) is 1. The van der Waals surface area contributed by atoms with Crippen LogP contribution in [0.5, 0.6) is 0 Å². The van der Waals surface area contributed by atoms with Gasteiger partial charge >= 0.3 is 0 Å². The van der Waals surface area contributed by atoms with Gasteiger partial charge in [-0.25, -0.2) is 0 Å². The molecule has 0 bridgehead atoms. The van der Waals surface area contributed by atoms with Gasteiger partial charge in [-0.2, -0.15) is 0 Å². The maximum Gasteiger partial charge on any atom is 0.0542 e. The number of rotatable bonds is 4. The van der Waals surface area contributed by atoms with Crippen LogP contribution in [-0.4, -0.2) is 11.2 Å². The van der Waals surface area contributed by atoms with E-state index in [0.717, 1.165) is 37.0 Å². The third-order valence-corrected chi connectivity index (χ3v) is 3.93. The highest BCUT2D eigenvalue weighted by molar-refractivity contribution is 4.77. The molecule has 0 amide bonds. The number of hydrogen-bond acceptors (Lipinski definition) is 1. The zero-order valence-electron chi connectivity index (χ0n) is 10.00. The molecule has 0 radical (unpaired) electrons. The zero-order chi connectivity index (χ0) is 10.6. The average molecular weight is 198 g/mol. The zero-order valence-corrected chi connectivity index (χ0v) is 10.00. The monoisotopic (exact) mass is 198 g/mol. The lowest BCUT2D eigenvalue weighted by atomic mass is 9.74. The van der Waals surface area contributed by atoms with Crippen LogP contribution in [0.2, 0.25) is 0 Å². The minimum atomic E-state index is -0.0365. The summed E-state index contributed by atoms with van der Waals surface area (Å²) >= 11 is 0. The molecule has 1 nitrogen and oxygen atoms in total. The Morgan fingerprint density at radius 3 is 2.50 bits per heavy atom. The number of aliphatic hydroxyl groups excluding tert-OH is 1. The van der Waals surface area contributed by atoms with Crippen molar-refractivity contribution in [2.24, 2.45) is 17.8 Å². The van der Waals surface area contributed by atoms with Gasteiger partial charge in [0, 0.05) is 0 Å². The van der Waals surface area contributed by atoms with Crippen molar-refractivity contribution < 1.29 is 5.11 Å². The summed E-state index contributed by atoms with van der Waals surface area (Å²) in [5, 5.41) is 9.75. The molecule has 0 spiro atoms. The second kappa shape index (κ2) is 5.75. The topological polar surface area (TPSA) is 20.2 Å². The fourth-order valence-corrected chi connectivity index (χ4v) is 2.71. The van der Waals surface area contributed by atoms with E-state index in [9.17, 15) is 5.11 Å².